The van der Waals surface area contributed by atoms with Crippen LogP contribution >= 0.6 is 11.6 Å². The van der Waals surface area contributed by atoms with E-state index in [-0.39, 0.29) is 17.5 Å². The summed E-state index contributed by atoms with van der Waals surface area (Å²) in [4.78, 5) is 28.8. The summed E-state index contributed by atoms with van der Waals surface area (Å²) in [5.74, 6) is 0.585. The van der Waals surface area contributed by atoms with Gasteiger partial charge >= 0.3 is 0 Å². The fourth-order valence-corrected chi connectivity index (χ4v) is 4.95. The molecule has 0 aliphatic carbocycles. The van der Waals surface area contributed by atoms with Gasteiger partial charge in [-0.3, -0.25) is 14.5 Å². The van der Waals surface area contributed by atoms with Crippen LogP contribution in [0.4, 0.5) is 0 Å². The number of hydrogen-bond acceptors (Lipinski definition) is 5. The van der Waals surface area contributed by atoms with Crippen LogP contribution in [0.3, 0.4) is 0 Å². The van der Waals surface area contributed by atoms with E-state index in [1.54, 1.807) is 18.3 Å². The minimum absolute atomic E-state index is 0.0808. The quantitative estimate of drug-likeness (QED) is 0.442. The molecule has 0 spiro atoms. The van der Waals surface area contributed by atoms with Crippen LogP contribution < -0.4 is 10.7 Å². The van der Waals surface area contributed by atoms with Crippen molar-refractivity contribution < 1.29 is 14.1 Å². The first-order valence-corrected chi connectivity index (χ1v) is 13.6. The molecule has 3 aromatic rings. The number of amides is 1. The van der Waals surface area contributed by atoms with Crippen LogP contribution in [0.25, 0.3) is 10.9 Å². The van der Waals surface area contributed by atoms with E-state index < -0.39 is 17.1 Å². The van der Waals surface area contributed by atoms with Gasteiger partial charge < -0.3 is 19.2 Å². The highest BCUT2D eigenvalue weighted by molar-refractivity contribution is 7.91. The zero-order chi connectivity index (χ0) is 24.8. The van der Waals surface area contributed by atoms with Crippen LogP contribution in [0.1, 0.15) is 28.4 Å². The van der Waals surface area contributed by atoms with E-state index in [9.17, 15) is 14.1 Å². The summed E-state index contributed by atoms with van der Waals surface area (Å²) in [5.41, 5.74) is 2.42. The normalized spacial score (nSPS) is 15.3. The van der Waals surface area contributed by atoms with Gasteiger partial charge in [0.1, 0.15) is 17.1 Å². The Morgan fingerprint density at radius 3 is 2.57 bits per heavy atom. The molecule has 1 aromatic heterocycles. The second-order valence-electron chi connectivity index (χ2n) is 8.55. The maximum absolute atomic E-state index is 13.4. The number of fused-ring (bicyclic) bond motifs is 1. The molecule has 1 atom stereocenters. The van der Waals surface area contributed by atoms with Crippen molar-refractivity contribution in [2.45, 2.75) is 26.6 Å². The number of pyridine rings is 1. The third-order valence-corrected chi connectivity index (χ3v) is 7.68. The van der Waals surface area contributed by atoms with Crippen LogP contribution in [-0.4, -0.2) is 57.7 Å². The molecule has 1 aliphatic rings. The lowest BCUT2D eigenvalue weighted by atomic mass is 10.1. The van der Waals surface area contributed by atoms with Crippen LogP contribution in [0.2, 0.25) is 5.02 Å². The van der Waals surface area contributed by atoms with Crippen molar-refractivity contribution in [2.24, 2.45) is 0 Å². The summed E-state index contributed by atoms with van der Waals surface area (Å²) in [6.07, 6.45) is 1.59. The first-order chi connectivity index (χ1) is 16.9. The van der Waals surface area contributed by atoms with E-state index in [1.165, 1.54) is 0 Å². The van der Waals surface area contributed by atoms with E-state index in [1.807, 2.05) is 41.8 Å². The van der Waals surface area contributed by atoms with Gasteiger partial charge in [0.25, 0.3) is 5.91 Å². The SMILES string of the molecule is CC[S+]([O-])CCn1cc(C(=O)NCc2ccc(Cl)cc2)c(=O)c2cc(CN3CCOCC3)ccc21. The number of nitrogens with zero attached hydrogens (tertiary/aromatic N) is 2. The molecule has 0 saturated carbocycles. The molecule has 1 fully saturated rings. The van der Waals surface area contributed by atoms with Gasteiger partial charge in [-0.2, -0.15) is 0 Å². The molecular formula is C26H30ClN3O4S. The number of morpholine rings is 1. The molecule has 1 saturated heterocycles. The molecule has 1 N–H and O–H groups in total. The summed E-state index contributed by atoms with van der Waals surface area (Å²) in [7, 11) is 0. The zero-order valence-corrected chi connectivity index (χ0v) is 21.4. The van der Waals surface area contributed by atoms with Crippen molar-refractivity contribution >= 4 is 39.6 Å². The lowest BCUT2D eigenvalue weighted by Gasteiger charge is -2.26. The predicted octanol–water partition coefficient (Wildman–Crippen LogP) is 3.19. The van der Waals surface area contributed by atoms with E-state index in [0.29, 0.717) is 48.2 Å². The Hall–Kier alpha value is -2.36. The molecule has 1 amide bonds. The van der Waals surface area contributed by atoms with Crippen molar-refractivity contribution in [3.63, 3.8) is 0 Å². The van der Waals surface area contributed by atoms with Crippen LogP contribution in [0.15, 0.2) is 53.5 Å². The van der Waals surface area contributed by atoms with E-state index in [2.05, 4.69) is 10.2 Å². The molecule has 2 aromatic carbocycles. The van der Waals surface area contributed by atoms with Gasteiger partial charge in [0, 0.05) is 42.8 Å². The van der Waals surface area contributed by atoms with E-state index in [4.69, 9.17) is 16.3 Å². The first kappa shape index (κ1) is 25.7. The van der Waals surface area contributed by atoms with Gasteiger partial charge in [-0.1, -0.05) is 41.0 Å². The number of halogens is 1. The fourth-order valence-electron chi connectivity index (χ4n) is 4.13. The van der Waals surface area contributed by atoms with Crippen molar-refractivity contribution in [3.8, 4) is 0 Å². The standard InChI is InChI=1S/C26H30ClN3O4S/c1-2-35(33)14-11-30-18-23(26(32)28-16-19-3-6-21(27)7-4-19)25(31)22-15-20(5-8-24(22)30)17-29-9-12-34-13-10-29/h3-8,15,18H,2,9-14,16-17H2,1H3,(H,28,32). The number of aromatic nitrogens is 1. The van der Waals surface area contributed by atoms with Crippen LogP contribution in [0.5, 0.6) is 0 Å². The van der Waals surface area contributed by atoms with Crippen molar-refractivity contribution in [2.75, 3.05) is 37.8 Å². The first-order valence-electron chi connectivity index (χ1n) is 11.8. The number of rotatable bonds is 9. The Kier molecular flexibility index (Phi) is 8.86. The van der Waals surface area contributed by atoms with Gasteiger partial charge in [-0.25, -0.2) is 0 Å². The lowest BCUT2D eigenvalue weighted by molar-refractivity contribution is 0.0342. The Labute approximate surface area is 213 Å². The monoisotopic (exact) mass is 515 g/mol. The third-order valence-electron chi connectivity index (χ3n) is 6.15. The number of benzene rings is 2. The molecule has 35 heavy (non-hydrogen) atoms. The number of aryl methyl sites for hydroxylation is 1. The highest BCUT2D eigenvalue weighted by atomic mass is 35.5. The maximum atomic E-state index is 13.4. The van der Waals surface area contributed by atoms with Gasteiger partial charge in [-0.05, 0) is 42.3 Å². The van der Waals surface area contributed by atoms with Crippen LogP contribution in [0, 0.1) is 0 Å². The molecule has 0 bridgehead atoms. The Bertz CT molecular complexity index is 1230. The molecule has 186 valence electrons. The van der Waals surface area contributed by atoms with Crippen molar-refractivity contribution in [3.05, 3.63) is 80.6 Å². The number of ether oxygens (including phenoxy) is 1. The highest BCUT2D eigenvalue weighted by Crippen LogP contribution is 2.17. The minimum Gasteiger partial charge on any atom is -0.616 e. The smallest absolute Gasteiger partial charge is 0.257 e. The molecule has 1 aliphatic heterocycles. The fraction of sp³-hybridized carbons (Fsp3) is 0.385. The molecule has 1 unspecified atom stereocenters. The lowest BCUT2D eigenvalue weighted by Crippen LogP contribution is -2.35. The molecular weight excluding hydrogens is 486 g/mol. The second-order valence-corrected chi connectivity index (χ2v) is 10.8. The summed E-state index contributed by atoms with van der Waals surface area (Å²) < 4.78 is 19.4. The minimum atomic E-state index is -0.962. The molecule has 7 nitrogen and oxygen atoms in total. The number of nitrogens with one attached hydrogen (secondary N) is 1. The van der Waals surface area contributed by atoms with Crippen LogP contribution in [-0.2, 0) is 35.5 Å². The number of carbonyl (C=O) groups excluding carboxylic acids is 1. The average molecular weight is 516 g/mol. The molecule has 0 radical (unpaired) electrons. The van der Waals surface area contributed by atoms with Crippen molar-refractivity contribution in [1.82, 2.24) is 14.8 Å². The largest absolute Gasteiger partial charge is 0.616 e. The predicted molar refractivity (Wildman–Crippen MR) is 140 cm³/mol. The Balaban J connectivity index is 1.64. The summed E-state index contributed by atoms with van der Waals surface area (Å²) in [6.45, 7) is 6.43. The third kappa shape index (κ3) is 6.65. The maximum Gasteiger partial charge on any atom is 0.257 e. The molecule has 2 heterocycles. The zero-order valence-electron chi connectivity index (χ0n) is 19.8. The van der Waals surface area contributed by atoms with E-state index in [0.717, 1.165) is 29.7 Å². The molecule has 4 rings (SSSR count). The Morgan fingerprint density at radius 2 is 1.86 bits per heavy atom. The van der Waals surface area contributed by atoms with E-state index >= 15 is 0 Å². The number of carbonyl (C=O) groups is 1. The van der Waals surface area contributed by atoms with Crippen molar-refractivity contribution in [1.29, 1.82) is 0 Å². The van der Waals surface area contributed by atoms with Gasteiger partial charge in [0.15, 0.2) is 0 Å². The molecule has 9 heteroatoms. The summed E-state index contributed by atoms with van der Waals surface area (Å²) in [6, 6.07) is 13.0. The Morgan fingerprint density at radius 1 is 1.14 bits per heavy atom. The number of hydrogen-bond donors (Lipinski definition) is 1. The van der Waals surface area contributed by atoms with Gasteiger partial charge in [0.05, 0.1) is 25.3 Å². The highest BCUT2D eigenvalue weighted by Gasteiger charge is 2.18. The van der Waals surface area contributed by atoms with Gasteiger partial charge in [-0.15, -0.1) is 0 Å². The average Bonchev–Trinajstić information content (AvgIpc) is 2.88. The summed E-state index contributed by atoms with van der Waals surface area (Å²) >= 11 is 4.98. The summed E-state index contributed by atoms with van der Waals surface area (Å²) in [5, 5.41) is 3.96. The van der Waals surface area contributed by atoms with Gasteiger partial charge in [0.2, 0.25) is 5.43 Å². The second kappa shape index (κ2) is 12.1. The topological polar surface area (TPSA) is 86.6 Å².